The van der Waals surface area contributed by atoms with E-state index >= 15 is 0 Å². The molecule has 1 aliphatic rings. The third kappa shape index (κ3) is 5.32. The van der Waals surface area contributed by atoms with Crippen LogP contribution in [0.1, 0.15) is 31.7 Å². The first-order valence-electron chi connectivity index (χ1n) is 9.33. The molecular weight excluding hydrogens is 347 g/mol. The predicted octanol–water partition coefficient (Wildman–Crippen LogP) is 3.93. The minimum absolute atomic E-state index is 0.172. The minimum atomic E-state index is -0.505. The van der Waals surface area contributed by atoms with Gasteiger partial charge in [0.05, 0.1) is 6.61 Å². The van der Waals surface area contributed by atoms with Crippen molar-refractivity contribution in [3.8, 4) is 5.75 Å². The average molecular weight is 372 g/mol. The van der Waals surface area contributed by atoms with Gasteiger partial charge in [-0.1, -0.05) is 0 Å². The lowest BCUT2D eigenvalue weighted by atomic mass is 10.1. The van der Waals surface area contributed by atoms with E-state index in [4.69, 9.17) is 4.74 Å². The summed E-state index contributed by atoms with van der Waals surface area (Å²) in [5.74, 6) is 0.614. The maximum absolute atomic E-state index is 13.9. The van der Waals surface area contributed by atoms with Crippen molar-refractivity contribution in [2.75, 3.05) is 29.9 Å². The first kappa shape index (κ1) is 18.9. The third-order valence-electron chi connectivity index (χ3n) is 4.43. The number of pyridine rings is 1. The summed E-state index contributed by atoms with van der Waals surface area (Å²) in [5.41, 5.74) is 1.34. The Morgan fingerprint density at radius 3 is 2.78 bits per heavy atom. The standard InChI is InChI=1S/C20H25FN4O2/c1-2-27-18-7-6-16(13-17(18)21)24-20(26)23-14-15-8-9-22-19(12-15)25-10-4-3-5-11-25/h6-9,12-13H,2-5,10-11,14H2,1H3,(H2,23,24,26). The number of benzene rings is 1. The summed E-state index contributed by atoms with van der Waals surface area (Å²) in [6.07, 6.45) is 5.40. The number of anilines is 2. The maximum atomic E-state index is 13.9. The molecule has 0 radical (unpaired) electrons. The molecule has 0 aliphatic carbocycles. The number of ether oxygens (including phenoxy) is 1. The fourth-order valence-electron chi connectivity index (χ4n) is 3.08. The highest BCUT2D eigenvalue weighted by Crippen LogP contribution is 2.21. The van der Waals surface area contributed by atoms with Gasteiger partial charge in [0.15, 0.2) is 11.6 Å². The van der Waals surface area contributed by atoms with Crippen molar-refractivity contribution in [2.45, 2.75) is 32.7 Å². The van der Waals surface area contributed by atoms with Gasteiger partial charge < -0.3 is 20.3 Å². The molecule has 1 aromatic carbocycles. The Kier molecular flexibility index (Phi) is 6.46. The highest BCUT2D eigenvalue weighted by molar-refractivity contribution is 5.89. The van der Waals surface area contributed by atoms with Crippen molar-refractivity contribution < 1.29 is 13.9 Å². The van der Waals surface area contributed by atoms with E-state index in [0.717, 1.165) is 24.5 Å². The summed E-state index contributed by atoms with van der Waals surface area (Å²) in [6, 6.07) is 7.84. The summed E-state index contributed by atoms with van der Waals surface area (Å²) in [4.78, 5) is 18.8. The van der Waals surface area contributed by atoms with Crippen LogP contribution in [0.3, 0.4) is 0 Å². The molecule has 144 valence electrons. The molecule has 2 heterocycles. The lowest BCUT2D eigenvalue weighted by Gasteiger charge is -2.27. The topological polar surface area (TPSA) is 66.5 Å². The Morgan fingerprint density at radius 1 is 1.22 bits per heavy atom. The van der Waals surface area contributed by atoms with Crippen LogP contribution in [0, 0.1) is 5.82 Å². The number of hydrogen-bond donors (Lipinski definition) is 2. The van der Waals surface area contributed by atoms with Crippen LogP contribution in [-0.2, 0) is 6.54 Å². The molecule has 0 saturated carbocycles. The second-order valence-corrected chi connectivity index (χ2v) is 6.46. The Bertz CT molecular complexity index is 778. The molecule has 0 atom stereocenters. The van der Waals surface area contributed by atoms with Crippen molar-refractivity contribution >= 4 is 17.5 Å². The molecule has 0 unspecified atom stereocenters. The number of aromatic nitrogens is 1. The van der Waals surface area contributed by atoms with Gasteiger partial charge in [-0.2, -0.15) is 0 Å². The zero-order valence-electron chi connectivity index (χ0n) is 15.5. The number of urea groups is 1. The zero-order chi connectivity index (χ0) is 19.1. The molecule has 2 aromatic rings. The van der Waals surface area contributed by atoms with E-state index in [2.05, 4.69) is 20.5 Å². The summed E-state index contributed by atoms with van der Waals surface area (Å²) in [6.45, 7) is 4.58. The number of amides is 2. The van der Waals surface area contributed by atoms with Crippen molar-refractivity contribution in [2.24, 2.45) is 0 Å². The van der Waals surface area contributed by atoms with Crippen molar-refractivity contribution in [1.29, 1.82) is 0 Å². The summed E-state index contributed by atoms with van der Waals surface area (Å²) >= 11 is 0. The Hall–Kier alpha value is -2.83. The zero-order valence-corrected chi connectivity index (χ0v) is 15.5. The van der Waals surface area contributed by atoms with E-state index in [1.165, 1.54) is 31.4 Å². The van der Waals surface area contributed by atoms with Gasteiger partial charge >= 0.3 is 6.03 Å². The fourth-order valence-corrected chi connectivity index (χ4v) is 3.08. The summed E-state index contributed by atoms with van der Waals surface area (Å²) in [7, 11) is 0. The Morgan fingerprint density at radius 2 is 2.04 bits per heavy atom. The first-order valence-corrected chi connectivity index (χ1v) is 9.33. The van der Waals surface area contributed by atoms with Crippen LogP contribution < -0.4 is 20.3 Å². The average Bonchev–Trinajstić information content (AvgIpc) is 2.69. The number of nitrogens with one attached hydrogen (secondary N) is 2. The lowest BCUT2D eigenvalue weighted by molar-refractivity contribution is 0.251. The first-order chi connectivity index (χ1) is 13.2. The van der Waals surface area contributed by atoms with Gasteiger partial charge in [-0.3, -0.25) is 0 Å². The molecule has 1 aliphatic heterocycles. The third-order valence-corrected chi connectivity index (χ3v) is 4.43. The summed E-state index contributed by atoms with van der Waals surface area (Å²) in [5, 5.41) is 5.42. The van der Waals surface area contributed by atoms with Gasteiger partial charge in [0.25, 0.3) is 0 Å². The van der Waals surface area contributed by atoms with Crippen LogP contribution >= 0.6 is 0 Å². The highest BCUT2D eigenvalue weighted by atomic mass is 19.1. The van der Waals surface area contributed by atoms with E-state index in [1.54, 1.807) is 19.2 Å². The molecule has 1 aromatic heterocycles. The van der Waals surface area contributed by atoms with Crippen molar-refractivity contribution in [3.05, 3.63) is 47.9 Å². The smallest absolute Gasteiger partial charge is 0.319 e. The van der Waals surface area contributed by atoms with Gasteiger partial charge in [0.2, 0.25) is 0 Å². The van der Waals surface area contributed by atoms with Gasteiger partial charge in [0, 0.05) is 37.6 Å². The molecule has 2 N–H and O–H groups in total. The number of rotatable bonds is 6. The van der Waals surface area contributed by atoms with Gasteiger partial charge in [0.1, 0.15) is 5.82 Å². The van der Waals surface area contributed by atoms with E-state index in [9.17, 15) is 9.18 Å². The van der Waals surface area contributed by atoms with Crippen LogP contribution in [-0.4, -0.2) is 30.7 Å². The van der Waals surface area contributed by atoms with Gasteiger partial charge in [-0.25, -0.2) is 14.2 Å². The Labute approximate surface area is 158 Å². The van der Waals surface area contributed by atoms with Crippen LogP contribution in [0.4, 0.5) is 20.7 Å². The number of carbonyl (C=O) groups is 1. The van der Waals surface area contributed by atoms with Gasteiger partial charge in [-0.05, 0) is 56.0 Å². The molecule has 1 fully saturated rings. The normalized spacial score (nSPS) is 13.9. The monoisotopic (exact) mass is 372 g/mol. The van der Waals surface area contributed by atoms with E-state index < -0.39 is 11.8 Å². The molecule has 0 spiro atoms. The highest BCUT2D eigenvalue weighted by Gasteiger charge is 2.12. The van der Waals surface area contributed by atoms with Crippen LogP contribution in [0.2, 0.25) is 0 Å². The largest absolute Gasteiger partial charge is 0.491 e. The molecule has 2 amide bonds. The number of piperidine rings is 1. The number of nitrogens with zero attached hydrogens (tertiary/aromatic N) is 2. The van der Waals surface area contributed by atoms with Crippen molar-refractivity contribution in [3.63, 3.8) is 0 Å². The second kappa shape index (κ2) is 9.21. The minimum Gasteiger partial charge on any atom is -0.491 e. The molecule has 3 rings (SSSR count). The van der Waals surface area contributed by atoms with E-state index in [-0.39, 0.29) is 5.75 Å². The number of halogens is 1. The predicted molar refractivity (Wildman–Crippen MR) is 104 cm³/mol. The lowest BCUT2D eigenvalue weighted by Crippen LogP contribution is -2.31. The SMILES string of the molecule is CCOc1ccc(NC(=O)NCc2ccnc(N3CCCCC3)c2)cc1F. The Balaban J connectivity index is 1.54. The van der Waals surface area contributed by atoms with E-state index in [0.29, 0.717) is 18.8 Å². The second-order valence-electron chi connectivity index (χ2n) is 6.46. The van der Waals surface area contributed by atoms with Crippen LogP contribution in [0.25, 0.3) is 0 Å². The van der Waals surface area contributed by atoms with Gasteiger partial charge in [-0.15, -0.1) is 0 Å². The van der Waals surface area contributed by atoms with E-state index in [1.807, 2.05) is 12.1 Å². The van der Waals surface area contributed by atoms with Crippen LogP contribution in [0.5, 0.6) is 5.75 Å². The quantitative estimate of drug-likeness (QED) is 0.806. The molecule has 7 heteroatoms. The molecular formula is C20H25FN4O2. The van der Waals surface area contributed by atoms with Crippen LogP contribution in [0.15, 0.2) is 36.5 Å². The molecule has 6 nitrogen and oxygen atoms in total. The molecule has 1 saturated heterocycles. The maximum Gasteiger partial charge on any atom is 0.319 e. The molecule has 27 heavy (non-hydrogen) atoms. The summed E-state index contributed by atoms with van der Waals surface area (Å²) < 4.78 is 19.0. The van der Waals surface area contributed by atoms with Crippen molar-refractivity contribution in [1.82, 2.24) is 10.3 Å². The molecule has 0 bridgehead atoms. The fraction of sp³-hybridized carbons (Fsp3) is 0.400. The number of carbonyl (C=O) groups excluding carboxylic acids is 1. The number of hydrogen-bond acceptors (Lipinski definition) is 4.